The average Bonchev–Trinajstić information content (AvgIpc) is 3.79. The minimum Gasteiger partial charge on any atom is -0.310 e. The molecule has 0 atom stereocenters. The second-order valence-corrected chi connectivity index (χ2v) is 15.6. The maximum absolute atomic E-state index is 2.51. The van der Waals surface area contributed by atoms with Crippen LogP contribution < -0.4 is 4.90 Å². The Morgan fingerprint density at radius 1 is 0.469 bits per heavy atom. The van der Waals surface area contributed by atoms with E-state index in [1.54, 1.807) is 0 Å². The zero-order chi connectivity index (χ0) is 33.1. The third-order valence-electron chi connectivity index (χ3n) is 11.3. The molecule has 2 aliphatic rings. The highest BCUT2D eigenvalue weighted by atomic mass is 32.1. The predicted molar refractivity (Wildman–Crippen MR) is 208 cm³/mol. The monoisotopic (exact) mass is 648 g/mol. The van der Waals surface area contributed by atoms with Gasteiger partial charge in [0.15, 0.2) is 0 Å². The molecular weight excluding hydrogens is 613 g/mol. The number of benzene rings is 6. The van der Waals surface area contributed by atoms with Crippen LogP contribution in [0, 0.1) is 0 Å². The second kappa shape index (κ2) is 10.1. The summed E-state index contributed by atoms with van der Waals surface area (Å²) in [6, 6.07) is 52.0. The van der Waals surface area contributed by atoms with Crippen molar-refractivity contribution in [3.63, 3.8) is 0 Å². The summed E-state index contributed by atoms with van der Waals surface area (Å²) in [5.41, 5.74) is 16.6. The quantitative estimate of drug-likeness (QED) is 0.185. The van der Waals surface area contributed by atoms with E-state index in [1.807, 2.05) is 11.3 Å². The van der Waals surface area contributed by atoms with E-state index in [0.717, 1.165) is 0 Å². The molecule has 8 aromatic rings. The van der Waals surface area contributed by atoms with Crippen molar-refractivity contribution >= 4 is 49.5 Å². The lowest BCUT2D eigenvalue weighted by atomic mass is 9.71. The van der Waals surface area contributed by atoms with Crippen LogP contribution in [0.15, 0.2) is 145 Å². The van der Waals surface area contributed by atoms with Gasteiger partial charge in [-0.1, -0.05) is 100 Å². The lowest BCUT2D eigenvalue weighted by Crippen LogP contribution is -2.31. The van der Waals surface area contributed by atoms with Crippen LogP contribution in [0.25, 0.3) is 49.1 Å². The van der Waals surface area contributed by atoms with E-state index in [0.29, 0.717) is 0 Å². The van der Waals surface area contributed by atoms with Gasteiger partial charge in [-0.15, -0.1) is 11.3 Å². The number of rotatable bonds is 3. The van der Waals surface area contributed by atoms with E-state index in [2.05, 4.69) is 182 Å². The normalized spacial score (nSPS) is 15.2. The number of anilines is 3. The molecule has 0 spiro atoms. The number of nitrogens with zero attached hydrogens (tertiary/aromatic N) is 2. The summed E-state index contributed by atoms with van der Waals surface area (Å²) in [6.45, 7) is 9.57. The zero-order valence-electron chi connectivity index (χ0n) is 28.2. The molecule has 1 aliphatic carbocycles. The van der Waals surface area contributed by atoms with Gasteiger partial charge in [-0.3, -0.25) is 0 Å². The Morgan fingerprint density at radius 2 is 1.12 bits per heavy atom. The Morgan fingerprint density at radius 3 is 1.92 bits per heavy atom. The van der Waals surface area contributed by atoms with Gasteiger partial charge in [0.25, 0.3) is 0 Å². The van der Waals surface area contributed by atoms with E-state index in [1.165, 1.54) is 88.4 Å². The van der Waals surface area contributed by atoms with Crippen LogP contribution in [-0.2, 0) is 10.8 Å². The van der Waals surface area contributed by atoms with Gasteiger partial charge in [-0.2, -0.15) is 0 Å². The van der Waals surface area contributed by atoms with Crippen LogP contribution in [0.2, 0.25) is 0 Å². The Bertz CT molecular complexity index is 2600. The van der Waals surface area contributed by atoms with E-state index in [-0.39, 0.29) is 10.8 Å². The molecule has 3 heteroatoms. The highest BCUT2D eigenvalue weighted by molar-refractivity contribution is 7.17. The van der Waals surface area contributed by atoms with E-state index < -0.39 is 0 Å². The van der Waals surface area contributed by atoms with Gasteiger partial charge < -0.3 is 9.47 Å². The molecule has 0 amide bonds. The van der Waals surface area contributed by atoms with Gasteiger partial charge >= 0.3 is 0 Å². The van der Waals surface area contributed by atoms with Crippen molar-refractivity contribution in [3.8, 4) is 27.9 Å². The summed E-state index contributed by atoms with van der Waals surface area (Å²) < 4.78 is 2.40. The lowest BCUT2D eigenvalue weighted by molar-refractivity contribution is 0.627. The van der Waals surface area contributed by atoms with Gasteiger partial charge in [0.1, 0.15) is 4.83 Å². The molecule has 2 aromatic heterocycles. The van der Waals surface area contributed by atoms with E-state index >= 15 is 0 Å². The summed E-state index contributed by atoms with van der Waals surface area (Å²) in [7, 11) is 0. The van der Waals surface area contributed by atoms with Crippen LogP contribution in [0.5, 0.6) is 0 Å². The highest BCUT2D eigenvalue weighted by Gasteiger charge is 2.42. The van der Waals surface area contributed by atoms with Crippen molar-refractivity contribution in [2.24, 2.45) is 0 Å². The number of hydrogen-bond acceptors (Lipinski definition) is 2. The van der Waals surface area contributed by atoms with Crippen LogP contribution in [0.1, 0.15) is 49.9 Å². The predicted octanol–water partition coefficient (Wildman–Crippen LogP) is 12.9. The first-order valence-electron chi connectivity index (χ1n) is 17.2. The van der Waals surface area contributed by atoms with Crippen LogP contribution in [0.3, 0.4) is 0 Å². The van der Waals surface area contributed by atoms with E-state index in [4.69, 9.17) is 0 Å². The summed E-state index contributed by atoms with van der Waals surface area (Å²) >= 11 is 1.81. The molecule has 49 heavy (non-hydrogen) atoms. The van der Waals surface area contributed by atoms with Crippen LogP contribution in [-0.4, -0.2) is 4.57 Å². The molecule has 0 saturated carbocycles. The SMILES string of the molecule is CC1(C)c2ccccc2-c2cc3c(cc21)N(c1ccccc1)c1ccc(-c2ccc4c(c2)c2ccsc2n4-c2ccccc2)cc1C3(C)C. The summed E-state index contributed by atoms with van der Waals surface area (Å²) in [5, 5.41) is 4.82. The van der Waals surface area contributed by atoms with Crippen LogP contribution in [0.4, 0.5) is 17.1 Å². The largest absolute Gasteiger partial charge is 0.310 e. The highest BCUT2D eigenvalue weighted by Crippen LogP contribution is 2.57. The molecule has 3 heterocycles. The molecule has 0 unspecified atom stereocenters. The van der Waals surface area contributed by atoms with Gasteiger partial charge in [0.05, 0.1) is 16.9 Å². The first kappa shape index (κ1) is 28.6. The second-order valence-electron chi connectivity index (χ2n) is 14.7. The molecule has 0 N–H and O–H groups in total. The first-order chi connectivity index (χ1) is 23.8. The molecule has 10 rings (SSSR count). The van der Waals surface area contributed by atoms with Crippen molar-refractivity contribution < 1.29 is 0 Å². The Hall–Kier alpha value is -5.38. The molecular formula is C46H36N2S. The number of hydrogen-bond donors (Lipinski definition) is 0. The first-order valence-corrected chi connectivity index (χ1v) is 18.1. The number of aromatic nitrogens is 1. The fourth-order valence-electron chi connectivity index (χ4n) is 8.71. The third kappa shape index (κ3) is 3.94. The van der Waals surface area contributed by atoms with Crippen LogP contribution >= 0.6 is 11.3 Å². The summed E-state index contributed by atoms with van der Waals surface area (Å²) in [6.07, 6.45) is 0. The topological polar surface area (TPSA) is 8.17 Å². The minimum atomic E-state index is -0.218. The summed E-state index contributed by atoms with van der Waals surface area (Å²) in [4.78, 5) is 3.79. The Kier molecular flexibility index (Phi) is 5.88. The van der Waals surface area contributed by atoms with Crippen molar-refractivity contribution in [2.45, 2.75) is 38.5 Å². The number of fused-ring (bicyclic) bond motifs is 8. The smallest absolute Gasteiger partial charge is 0.108 e. The molecule has 1 aliphatic heterocycles. The Balaban J connectivity index is 1.18. The third-order valence-corrected chi connectivity index (χ3v) is 12.2. The van der Waals surface area contributed by atoms with Crippen molar-refractivity contribution in [3.05, 3.63) is 167 Å². The molecule has 0 fully saturated rings. The van der Waals surface area contributed by atoms with Crippen molar-refractivity contribution in [1.29, 1.82) is 0 Å². The van der Waals surface area contributed by atoms with Crippen molar-refractivity contribution in [2.75, 3.05) is 4.90 Å². The zero-order valence-corrected chi connectivity index (χ0v) is 29.0. The fourth-order valence-corrected chi connectivity index (χ4v) is 9.66. The number of thiophene rings is 1. The fraction of sp³-hybridized carbons (Fsp3) is 0.130. The van der Waals surface area contributed by atoms with Gasteiger partial charge in [-0.25, -0.2) is 0 Å². The standard InChI is InChI=1S/C46H36N2S/c1-45(2)37-18-12-11-17-33(37)35-27-40-43(28-38(35)45)47(31-13-7-5-8-14-31)42-22-20-30(26-39(42)46(40,3)4)29-19-21-41-36(25-29)34-23-24-49-44(34)48(41)32-15-9-6-10-16-32/h5-28H,1-4H3. The van der Waals surface area contributed by atoms with Gasteiger partial charge in [-0.05, 0) is 117 Å². The Labute approximate surface area is 291 Å². The van der Waals surface area contributed by atoms with Gasteiger partial charge in [0.2, 0.25) is 0 Å². The molecule has 0 bridgehead atoms. The molecule has 0 saturated heterocycles. The van der Waals surface area contributed by atoms with Gasteiger partial charge in [0, 0.05) is 33.0 Å². The molecule has 236 valence electrons. The maximum Gasteiger partial charge on any atom is 0.108 e. The maximum atomic E-state index is 2.51. The van der Waals surface area contributed by atoms with Crippen molar-refractivity contribution in [1.82, 2.24) is 4.57 Å². The van der Waals surface area contributed by atoms with E-state index in [9.17, 15) is 0 Å². The lowest BCUT2D eigenvalue weighted by Gasteiger charge is -2.43. The number of para-hydroxylation sites is 2. The average molecular weight is 649 g/mol. The molecule has 0 radical (unpaired) electrons. The molecule has 6 aromatic carbocycles. The molecule has 2 nitrogen and oxygen atoms in total. The minimum absolute atomic E-state index is 0.0659. The summed E-state index contributed by atoms with van der Waals surface area (Å²) in [5.74, 6) is 0.